The Labute approximate surface area is 134 Å². The van der Waals surface area contributed by atoms with Crippen LogP contribution in [0.4, 0.5) is 11.5 Å². The van der Waals surface area contributed by atoms with Crippen molar-refractivity contribution in [1.82, 2.24) is 9.88 Å². The third-order valence-electron chi connectivity index (χ3n) is 3.93. The van der Waals surface area contributed by atoms with Crippen molar-refractivity contribution in [3.8, 4) is 0 Å². The molecule has 9 nitrogen and oxygen atoms in total. The third kappa shape index (κ3) is 5.15. The van der Waals surface area contributed by atoms with Crippen LogP contribution in [0, 0.1) is 15.5 Å². The van der Waals surface area contributed by atoms with E-state index in [4.69, 9.17) is 16.9 Å². The first-order chi connectivity index (χ1) is 11.0. The first kappa shape index (κ1) is 17.1. The summed E-state index contributed by atoms with van der Waals surface area (Å²) in [5, 5.41) is 21.2. The molecule has 2 rings (SSSR count). The topological polar surface area (TPSA) is 147 Å². The lowest BCUT2D eigenvalue weighted by Crippen LogP contribution is -2.43. The van der Waals surface area contributed by atoms with Gasteiger partial charge in [-0.25, -0.2) is 4.98 Å². The van der Waals surface area contributed by atoms with E-state index in [1.54, 1.807) is 0 Å². The molecule has 0 bridgehead atoms. The normalized spacial score (nSPS) is 17.6. The highest BCUT2D eigenvalue weighted by molar-refractivity contribution is 5.77. The number of hydrogen-bond acceptors (Lipinski definition) is 7. The molecule has 0 aliphatic carbocycles. The summed E-state index contributed by atoms with van der Waals surface area (Å²) in [4.78, 5) is 16.4. The maximum absolute atomic E-state index is 10.6. The van der Waals surface area contributed by atoms with E-state index in [0.717, 1.165) is 25.9 Å². The third-order valence-corrected chi connectivity index (χ3v) is 3.93. The van der Waals surface area contributed by atoms with Gasteiger partial charge in [-0.2, -0.15) is 0 Å². The lowest BCUT2D eigenvalue weighted by atomic mass is 10.1. The molecule has 126 valence electrons. The van der Waals surface area contributed by atoms with Gasteiger partial charge in [-0.15, -0.1) is 0 Å². The maximum atomic E-state index is 10.6. The van der Waals surface area contributed by atoms with Crippen LogP contribution in [0.1, 0.15) is 25.7 Å². The maximum Gasteiger partial charge on any atom is 0.287 e. The van der Waals surface area contributed by atoms with Crippen molar-refractivity contribution < 1.29 is 4.92 Å². The van der Waals surface area contributed by atoms with E-state index in [-0.39, 0.29) is 23.7 Å². The highest BCUT2D eigenvalue weighted by atomic mass is 16.6. The fraction of sp³-hybridized carbons (Fsp3) is 0.571. The van der Waals surface area contributed by atoms with Crippen molar-refractivity contribution in [2.24, 2.45) is 11.5 Å². The molecule has 2 atom stereocenters. The Morgan fingerprint density at radius 2 is 2.17 bits per heavy atom. The molecule has 0 spiro atoms. The highest BCUT2D eigenvalue weighted by Crippen LogP contribution is 2.19. The molecule has 1 aliphatic heterocycles. The Hall–Kier alpha value is -2.26. The molecule has 1 aromatic rings. The summed E-state index contributed by atoms with van der Waals surface area (Å²) in [6.45, 7) is 2.00. The first-order valence-electron chi connectivity index (χ1n) is 7.65. The molecule has 1 aliphatic rings. The van der Waals surface area contributed by atoms with Gasteiger partial charge in [0.1, 0.15) is 12.0 Å². The number of pyridine rings is 1. The minimum absolute atomic E-state index is 0.0596. The standard InChI is InChI=1S/C14H23N7O2/c15-12(16)7-11(20-5-1-2-6-20)8-13(17)19-14-4-3-10(9-18-14)21(22)23/h3-4,9,11,13H,1-2,5-8,17H2,(H3,15,16)(H,18,19). The van der Waals surface area contributed by atoms with Crippen molar-refractivity contribution in [1.29, 1.82) is 5.41 Å². The van der Waals surface area contributed by atoms with Crippen LogP contribution >= 0.6 is 0 Å². The largest absolute Gasteiger partial charge is 0.388 e. The quantitative estimate of drug-likeness (QED) is 0.182. The number of rotatable bonds is 8. The summed E-state index contributed by atoms with van der Waals surface area (Å²) in [5.41, 5.74) is 11.6. The summed E-state index contributed by atoms with van der Waals surface area (Å²) in [6.07, 6.45) is 4.25. The van der Waals surface area contributed by atoms with Crippen molar-refractivity contribution in [2.45, 2.75) is 37.9 Å². The number of nitrogens with one attached hydrogen (secondary N) is 2. The van der Waals surface area contributed by atoms with Gasteiger partial charge in [0.15, 0.2) is 0 Å². The minimum Gasteiger partial charge on any atom is -0.388 e. The van der Waals surface area contributed by atoms with Gasteiger partial charge < -0.3 is 16.8 Å². The second-order valence-corrected chi connectivity index (χ2v) is 5.77. The van der Waals surface area contributed by atoms with Gasteiger partial charge in [-0.3, -0.25) is 20.4 Å². The summed E-state index contributed by atoms with van der Waals surface area (Å²) >= 11 is 0. The monoisotopic (exact) mass is 321 g/mol. The van der Waals surface area contributed by atoms with Gasteiger partial charge >= 0.3 is 0 Å². The fourth-order valence-corrected chi connectivity index (χ4v) is 2.84. The zero-order chi connectivity index (χ0) is 16.8. The Bertz CT molecular complexity index is 543. The zero-order valence-electron chi connectivity index (χ0n) is 12.9. The number of nitro groups is 1. The van der Waals surface area contributed by atoms with Crippen LogP contribution in [-0.2, 0) is 0 Å². The van der Waals surface area contributed by atoms with Gasteiger partial charge in [0, 0.05) is 18.5 Å². The number of likely N-dealkylation sites (tertiary alicyclic amines) is 1. The van der Waals surface area contributed by atoms with Crippen LogP contribution < -0.4 is 16.8 Å². The van der Waals surface area contributed by atoms with Crippen LogP contribution in [0.5, 0.6) is 0 Å². The lowest BCUT2D eigenvalue weighted by molar-refractivity contribution is -0.385. The van der Waals surface area contributed by atoms with Crippen LogP contribution in [0.25, 0.3) is 0 Å². The van der Waals surface area contributed by atoms with Gasteiger partial charge in [0.25, 0.3) is 5.69 Å². The number of aromatic nitrogens is 1. The van der Waals surface area contributed by atoms with E-state index >= 15 is 0 Å². The molecule has 1 aromatic heterocycles. The number of amidine groups is 1. The molecule has 1 saturated heterocycles. The SMILES string of the molecule is N=C(N)CC(CC(N)Nc1ccc([N+](=O)[O-])cn1)N1CCCC1. The van der Waals surface area contributed by atoms with Crippen LogP contribution in [0.2, 0.25) is 0 Å². The van der Waals surface area contributed by atoms with E-state index in [0.29, 0.717) is 18.7 Å². The average molecular weight is 321 g/mol. The van der Waals surface area contributed by atoms with Crippen molar-refractivity contribution in [3.05, 3.63) is 28.4 Å². The number of hydrogen-bond donors (Lipinski definition) is 4. The van der Waals surface area contributed by atoms with E-state index < -0.39 is 4.92 Å². The fourth-order valence-electron chi connectivity index (χ4n) is 2.84. The molecule has 0 saturated carbocycles. The number of nitrogens with two attached hydrogens (primary N) is 2. The van der Waals surface area contributed by atoms with Gasteiger partial charge in [-0.05, 0) is 38.4 Å². The molecule has 23 heavy (non-hydrogen) atoms. The molecule has 9 heteroatoms. The molecule has 2 heterocycles. The number of nitrogens with zero attached hydrogens (tertiary/aromatic N) is 3. The van der Waals surface area contributed by atoms with Gasteiger partial charge in [0.05, 0.1) is 16.9 Å². The molecular formula is C14H23N7O2. The summed E-state index contributed by atoms with van der Waals surface area (Å²) in [5.74, 6) is 0.647. The molecule has 0 aromatic carbocycles. The molecular weight excluding hydrogens is 298 g/mol. The Balaban J connectivity index is 1.93. The summed E-state index contributed by atoms with van der Waals surface area (Å²) < 4.78 is 0. The van der Waals surface area contributed by atoms with E-state index in [9.17, 15) is 10.1 Å². The Kier molecular flexibility index (Phi) is 5.83. The smallest absolute Gasteiger partial charge is 0.287 e. The van der Waals surface area contributed by atoms with Crippen LogP contribution in [-0.4, -0.2) is 45.9 Å². The zero-order valence-corrected chi connectivity index (χ0v) is 12.9. The van der Waals surface area contributed by atoms with Crippen molar-refractivity contribution in [2.75, 3.05) is 18.4 Å². The van der Waals surface area contributed by atoms with Gasteiger partial charge in [0.2, 0.25) is 0 Å². The Morgan fingerprint density at radius 3 is 2.70 bits per heavy atom. The van der Waals surface area contributed by atoms with Crippen LogP contribution in [0.3, 0.4) is 0 Å². The number of anilines is 1. The predicted octanol–water partition coefficient (Wildman–Crippen LogP) is 0.867. The summed E-state index contributed by atoms with van der Waals surface area (Å²) in [6, 6.07) is 3.04. The second kappa shape index (κ2) is 7.84. The van der Waals surface area contributed by atoms with Crippen molar-refractivity contribution in [3.63, 3.8) is 0 Å². The van der Waals surface area contributed by atoms with Crippen LogP contribution in [0.15, 0.2) is 18.3 Å². The predicted molar refractivity (Wildman–Crippen MR) is 88.2 cm³/mol. The van der Waals surface area contributed by atoms with E-state index in [1.165, 1.54) is 18.3 Å². The molecule has 0 amide bonds. The molecule has 6 N–H and O–H groups in total. The average Bonchev–Trinajstić information content (AvgIpc) is 3.00. The Morgan fingerprint density at radius 1 is 1.48 bits per heavy atom. The van der Waals surface area contributed by atoms with E-state index in [2.05, 4.69) is 15.2 Å². The van der Waals surface area contributed by atoms with Gasteiger partial charge in [-0.1, -0.05) is 0 Å². The lowest BCUT2D eigenvalue weighted by Gasteiger charge is -2.29. The highest BCUT2D eigenvalue weighted by Gasteiger charge is 2.24. The first-order valence-corrected chi connectivity index (χ1v) is 7.65. The minimum atomic E-state index is -0.493. The molecule has 2 unspecified atom stereocenters. The van der Waals surface area contributed by atoms with E-state index in [1.807, 2.05) is 0 Å². The summed E-state index contributed by atoms with van der Waals surface area (Å²) in [7, 11) is 0. The molecule has 0 radical (unpaired) electrons. The second-order valence-electron chi connectivity index (χ2n) is 5.77. The van der Waals surface area contributed by atoms with Crippen molar-refractivity contribution >= 4 is 17.3 Å². The molecule has 1 fully saturated rings.